The number of nitrogens with zero attached hydrogens (tertiary/aromatic N) is 4. The fourth-order valence-corrected chi connectivity index (χ4v) is 3.28. The number of carbonyl (C=O) groups excluding carboxylic acids is 1. The SMILES string of the molecule is Cc1ccccc1Oc1cncc([C@H]2CCCN(C(=O)c3ccno3)C2)n1. The number of benzene rings is 1. The van der Waals surface area contributed by atoms with Crippen molar-refractivity contribution in [3.63, 3.8) is 0 Å². The van der Waals surface area contributed by atoms with Crippen molar-refractivity contribution in [3.05, 3.63) is 65.9 Å². The maximum atomic E-state index is 12.5. The lowest BCUT2D eigenvalue weighted by atomic mass is 9.95. The average Bonchev–Trinajstić information content (AvgIpc) is 3.24. The fourth-order valence-electron chi connectivity index (χ4n) is 3.28. The monoisotopic (exact) mass is 364 g/mol. The van der Waals surface area contributed by atoms with Gasteiger partial charge in [-0.3, -0.25) is 9.78 Å². The van der Waals surface area contributed by atoms with Gasteiger partial charge in [-0.25, -0.2) is 4.98 Å². The molecule has 3 aromatic rings. The summed E-state index contributed by atoms with van der Waals surface area (Å²) in [5.74, 6) is 1.45. The lowest BCUT2D eigenvalue weighted by Gasteiger charge is -2.31. The highest BCUT2D eigenvalue weighted by atomic mass is 16.5. The van der Waals surface area contributed by atoms with E-state index in [-0.39, 0.29) is 17.6 Å². The van der Waals surface area contributed by atoms with Crippen LogP contribution in [0.25, 0.3) is 0 Å². The van der Waals surface area contributed by atoms with Crippen LogP contribution in [-0.4, -0.2) is 39.0 Å². The predicted molar refractivity (Wildman–Crippen MR) is 97.7 cm³/mol. The van der Waals surface area contributed by atoms with Crippen LogP contribution in [-0.2, 0) is 0 Å². The normalized spacial score (nSPS) is 16.9. The zero-order chi connectivity index (χ0) is 18.6. The highest BCUT2D eigenvalue weighted by Gasteiger charge is 2.28. The van der Waals surface area contributed by atoms with Gasteiger partial charge in [0.2, 0.25) is 11.6 Å². The summed E-state index contributed by atoms with van der Waals surface area (Å²) in [6.45, 7) is 3.26. The van der Waals surface area contributed by atoms with Crippen LogP contribution in [0, 0.1) is 6.92 Å². The number of aryl methyl sites for hydroxylation is 1. The second-order valence-electron chi connectivity index (χ2n) is 6.62. The number of likely N-dealkylation sites (tertiary alicyclic amines) is 1. The lowest BCUT2D eigenvalue weighted by Crippen LogP contribution is -2.39. The standard InChI is InChI=1S/C20H20N4O3/c1-14-5-2-3-7-17(14)26-19-12-21-11-16(23-19)15-6-4-10-24(13-15)20(25)18-8-9-22-27-18/h2-3,5,7-9,11-12,15H,4,6,10,13H2,1H3/t15-/m0/s1. The molecule has 0 aliphatic carbocycles. The van der Waals surface area contributed by atoms with E-state index in [9.17, 15) is 4.79 Å². The van der Waals surface area contributed by atoms with Crippen molar-refractivity contribution in [1.29, 1.82) is 0 Å². The average molecular weight is 364 g/mol. The smallest absolute Gasteiger partial charge is 0.292 e. The molecular weight excluding hydrogens is 344 g/mol. The molecule has 2 aromatic heterocycles. The first-order chi connectivity index (χ1) is 13.2. The van der Waals surface area contributed by atoms with Gasteiger partial charge in [-0.05, 0) is 31.4 Å². The van der Waals surface area contributed by atoms with Crippen molar-refractivity contribution in [2.24, 2.45) is 0 Å². The van der Waals surface area contributed by atoms with Crippen molar-refractivity contribution >= 4 is 5.91 Å². The van der Waals surface area contributed by atoms with Gasteiger partial charge in [-0.1, -0.05) is 23.4 Å². The quantitative estimate of drug-likeness (QED) is 0.704. The molecule has 138 valence electrons. The van der Waals surface area contributed by atoms with Gasteiger partial charge in [0.05, 0.1) is 18.1 Å². The molecule has 0 bridgehead atoms. The number of hydrogen-bond acceptors (Lipinski definition) is 6. The maximum Gasteiger partial charge on any atom is 0.292 e. The Morgan fingerprint density at radius 1 is 1.26 bits per heavy atom. The fraction of sp³-hybridized carbons (Fsp3) is 0.300. The Bertz CT molecular complexity index is 926. The van der Waals surface area contributed by atoms with E-state index in [2.05, 4.69) is 15.1 Å². The Morgan fingerprint density at radius 2 is 2.15 bits per heavy atom. The molecule has 4 rings (SSSR count). The summed E-state index contributed by atoms with van der Waals surface area (Å²) in [5.41, 5.74) is 1.86. The number of amides is 1. The zero-order valence-corrected chi connectivity index (χ0v) is 15.0. The Balaban J connectivity index is 1.50. The van der Waals surface area contributed by atoms with Crippen LogP contribution in [0.1, 0.15) is 40.6 Å². The Labute approximate surface area is 157 Å². The van der Waals surface area contributed by atoms with E-state index in [4.69, 9.17) is 9.26 Å². The summed E-state index contributed by atoms with van der Waals surface area (Å²) >= 11 is 0. The Hall–Kier alpha value is -3.22. The lowest BCUT2D eigenvalue weighted by molar-refractivity contribution is 0.0663. The number of rotatable bonds is 4. The third-order valence-electron chi connectivity index (χ3n) is 4.71. The Morgan fingerprint density at radius 3 is 2.96 bits per heavy atom. The minimum absolute atomic E-state index is 0.110. The van der Waals surface area contributed by atoms with Crippen LogP contribution < -0.4 is 4.74 Å². The van der Waals surface area contributed by atoms with Gasteiger partial charge in [0.1, 0.15) is 5.75 Å². The summed E-state index contributed by atoms with van der Waals surface area (Å²) in [6.07, 6.45) is 6.68. The van der Waals surface area contributed by atoms with Crippen LogP contribution in [0.2, 0.25) is 0 Å². The molecule has 1 aromatic carbocycles. The molecule has 1 saturated heterocycles. The number of carbonyl (C=O) groups is 1. The topological polar surface area (TPSA) is 81.4 Å². The molecular formula is C20H20N4O3. The molecule has 1 amide bonds. The van der Waals surface area contributed by atoms with Crippen LogP contribution in [0.3, 0.4) is 0 Å². The van der Waals surface area contributed by atoms with Crippen LogP contribution in [0.4, 0.5) is 0 Å². The zero-order valence-electron chi connectivity index (χ0n) is 15.0. The van der Waals surface area contributed by atoms with Gasteiger partial charge in [-0.2, -0.15) is 0 Å². The molecule has 0 spiro atoms. The van der Waals surface area contributed by atoms with Crippen molar-refractivity contribution in [2.75, 3.05) is 13.1 Å². The summed E-state index contributed by atoms with van der Waals surface area (Å²) in [7, 11) is 0. The molecule has 0 unspecified atom stereocenters. The molecule has 1 atom stereocenters. The van der Waals surface area contributed by atoms with Crippen molar-refractivity contribution < 1.29 is 14.1 Å². The number of para-hydroxylation sites is 1. The van der Waals surface area contributed by atoms with E-state index in [1.54, 1.807) is 23.4 Å². The molecule has 0 saturated carbocycles. The van der Waals surface area contributed by atoms with Gasteiger partial charge in [0, 0.05) is 31.3 Å². The van der Waals surface area contributed by atoms with Crippen molar-refractivity contribution in [1.82, 2.24) is 20.0 Å². The third kappa shape index (κ3) is 3.81. The summed E-state index contributed by atoms with van der Waals surface area (Å²) in [4.78, 5) is 23.2. The van der Waals surface area contributed by atoms with Crippen molar-refractivity contribution in [2.45, 2.75) is 25.7 Å². The van der Waals surface area contributed by atoms with Gasteiger partial charge in [0.25, 0.3) is 5.91 Å². The van der Waals surface area contributed by atoms with Gasteiger partial charge < -0.3 is 14.2 Å². The van der Waals surface area contributed by atoms with E-state index in [0.717, 1.165) is 29.8 Å². The van der Waals surface area contributed by atoms with Gasteiger partial charge in [-0.15, -0.1) is 0 Å². The first-order valence-corrected chi connectivity index (χ1v) is 8.96. The summed E-state index contributed by atoms with van der Waals surface area (Å²) < 4.78 is 10.9. The van der Waals surface area contributed by atoms with E-state index in [1.807, 2.05) is 31.2 Å². The highest BCUT2D eigenvalue weighted by molar-refractivity contribution is 5.91. The van der Waals surface area contributed by atoms with Crippen LogP contribution >= 0.6 is 0 Å². The molecule has 7 heteroatoms. The van der Waals surface area contributed by atoms with Crippen LogP contribution in [0.15, 0.2) is 53.4 Å². The molecule has 0 radical (unpaired) electrons. The van der Waals surface area contributed by atoms with Gasteiger partial charge >= 0.3 is 0 Å². The minimum atomic E-state index is -0.141. The van der Waals surface area contributed by atoms with Gasteiger partial charge in [0.15, 0.2) is 0 Å². The molecule has 7 nitrogen and oxygen atoms in total. The summed E-state index contributed by atoms with van der Waals surface area (Å²) in [5, 5.41) is 3.61. The molecule has 27 heavy (non-hydrogen) atoms. The molecule has 3 heterocycles. The maximum absolute atomic E-state index is 12.5. The minimum Gasteiger partial charge on any atom is -0.437 e. The first kappa shape index (κ1) is 17.2. The Kier molecular flexibility index (Phi) is 4.82. The van der Waals surface area contributed by atoms with E-state index >= 15 is 0 Å². The number of hydrogen-bond donors (Lipinski definition) is 0. The second-order valence-corrected chi connectivity index (χ2v) is 6.62. The van der Waals surface area contributed by atoms with E-state index < -0.39 is 0 Å². The van der Waals surface area contributed by atoms with Crippen molar-refractivity contribution in [3.8, 4) is 11.6 Å². The number of aromatic nitrogens is 3. The first-order valence-electron chi connectivity index (χ1n) is 8.96. The highest BCUT2D eigenvalue weighted by Crippen LogP contribution is 2.29. The number of ether oxygens (including phenoxy) is 1. The predicted octanol–water partition coefficient (Wildman–Crippen LogP) is 3.59. The summed E-state index contributed by atoms with van der Waals surface area (Å²) in [6, 6.07) is 9.37. The molecule has 1 aliphatic heterocycles. The van der Waals surface area contributed by atoms with Crippen LogP contribution in [0.5, 0.6) is 11.6 Å². The van der Waals surface area contributed by atoms with E-state index in [0.29, 0.717) is 19.0 Å². The van der Waals surface area contributed by atoms with E-state index in [1.165, 1.54) is 6.20 Å². The molecule has 1 fully saturated rings. The molecule has 1 aliphatic rings. The molecule has 0 N–H and O–H groups in total. The third-order valence-corrected chi connectivity index (χ3v) is 4.71. The number of piperidine rings is 1. The second kappa shape index (κ2) is 7.57. The largest absolute Gasteiger partial charge is 0.437 e.